The van der Waals surface area contributed by atoms with Gasteiger partial charge in [0.2, 0.25) is 0 Å². The van der Waals surface area contributed by atoms with Crippen molar-refractivity contribution in [1.82, 2.24) is 4.90 Å². The van der Waals surface area contributed by atoms with E-state index in [4.69, 9.17) is 14.2 Å². The minimum atomic E-state index is -0.735. The Kier molecular flexibility index (Phi) is 7.06. The van der Waals surface area contributed by atoms with Gasteiger partial charge in [0, 0.05) is 12.1 Å². The molecular formula is C28H27NO6. The van der Waals surface area contributed by atoms with Crippen LogP contribution in [0.4, 0.5) is 0 Å². The van der Waals surface area contributed by atoms with Crippen molar-refractivity contribution >= 4 is 17.4 Å². The second kappa shape index (κ2) is 10.3. The van der Waals surface area contributed by atoms with Gasteiger partial charge in [0.25, 0.3) is 11.7 Å². The van der Waals surface area contributed by atoms with Gasteiger partial charge in [0.1, 0.15) is 11.5 Å². The molecule has 35 heavy (non-hydrogen) atoms. The van der Waals surface area contributed by atoms with Gasteiger partial charge in [0.15, 0.2) is 11.5 Å². The summed E-state index contributed by atoms with van der Waals surface area (Å²) in [7, 11) is 4.70. The minimum absolute atomic E-state index is 0.0682. The summed E-state index contributed by atoms with van der Waals surface area (Å²) in [6.45, 7) is 0.266. The number of carbonyl (C=O) groups excluding carboxylic acids is 2. The van der Waals surface area contributed by atoms with Crippen molar-refractivity contribution in [1.29, 1.82) is 0 Å². The number of ether oxygens (including phenoxy) is 3. The number of hydrogen-bond acceptors (Lipinski definition) is 6. The van der Waals surface area contributed by atoms with Crippen LogP contribution in [-0.4, -0.2) is 49.6 Å². The Morgan fingerprint density at radius 3 is 2.17 bits per heavy atom. The van der Waals surface area contributed by atoms with Gasteiger partial charge < -0.3 is 24.2 Å². The van der Waals surface area contributed by atoms with Gasteiger partial charge in [-0.15, -0.1) is 0 Å². The molecule has 1 fully saturated rings. The van der Waals surface area contributed by atoms with Gasteiger partial charge in [0.05, 0.1) is 32.9 Å². The molecule has 1 N–H and O–H groups in total. The van der Waals surface area contributed by atoms with Gasteiger partial charge in [-0.2, -0.15) is 0 Å². The van der Waals surface area contributed by atoms with Crippen LogP contribution in [0.15, 0.2) is 78.4 Å². The third-order valence-corrected chi connectivity index (χ3v) is 6.11. The lowest BCUT2D eigenvalue weighted by molar-refractivity contribution is -0.139. The highest BCUT2D eigenvalue weighted by Gasteiger charge is 2.45. The van der Waals surface area contributed by atoms with E-state index in [9.17, 15) is 14.7 Å². The molecule has 0 radical (unpaired) electrons. The van der Waals surface area contributed by atoms with Crippen molar-refractivity contribution in [3.8, 4) is 17.2 Å². The Hall–Kier alpha value is -4.26. The van der Waals surface area contributed by atoms with E-state index in [1.807, 2.05) is 18.2 Å². The summed E-state index contributed by atoms with van der Waals surface area (Å²) in [6, 6.07) is 20.7. The van der Waals surface area contributed by atoms with Crippen molar-refractivity contribution in [2.45, 2.75) is 12.5 Å². The predicted molar refractivity (Wildman–Crippen MR) is 132 cm³/mol. The van der Waals surface area contributed by atoms with Crippen LogP contribution in [0.5, 0.6) is 17.2 Å². The fourth-order valence-electron chi connectivity index (χ4n) is 4.28. The quantitative estimate of drug-likeness (QED) is 0.297. The van der Waals surface area contributed by atoms with Gasteiger partial charge in [-0.25, -0.2) is 0 Å². The number of likely N-dealkylation sites (tertiary alicyclic amines) is 1. The topological polar surface area (TPSA) is 85.3 Å². The van der Waals surface area contributed by atoms with E-state index in [1.54, 1.807) is 75.9 Å². The first-order valence-electron chi connectivity index (χ1n) is 11.2. The second-order valence-corrected chi connectivity index (χ2v) is 8.07. The molecule has 0 aliphatic carbocycles. The molecule has 3 aromatic carbocycles. The predicted octanol–water partition coefficient (Wildman–Crippen LogP) is 4.38. The summed E-state index contributed by atoms with van der Waals surface area (Å²) in [5, 5.41) is 11.1. The normalized spacial score (nSPS) is 16.9. The molecule has 1 amide bonds. The molecule has 1 heterocycles. The first kappa shape index (κ1) is 23.9. The summed E-state index contributed by atoms with van der Waals surface area (Å²) >= 11 is 0. The molecule has 1 aliphatic heterocycles. The molecule has 1 saturated heterocycles. The summed E-state index contributed by atoms with van der Waals surface area (Å²) in [6.07, 6.45) is 0.478. The average molecular weight is 474 g/mol. The summed E-state index contributed by atoms with van der Waals surface area (Å²) in [5.41, 5.74) is 2.17. The molecule has 7 heteroatoms. The van der Waals surface area contributed by atoms with Crippen molar-refractivity contribution in [3.63, 3.8) is 0 Å². The van der Waals surface area contributed by atoms with E-state index in [0.717, 1.165) is 5.56 Å². The highest BCUT2D eigenvalue weighted by molar-refractivity contribution is 6.46. The molecule has 0 aromatic heterocycles. The number of Topliss-reactive ketones (excluding diaryl/α,β-unsaturated/α-hetero) is 1. The largest absolute Gasteiger partial charge is 0.507 e. The van der Waals surface area contributed by atoms with Crippen LogP contribution in [0.25, 0.3) is 5.76 Å². The number of aliphatic hydroxyl groups is 1. The van der Waals surface area contributed by atoms with Crippen molar-refractivity contribution < 1.29 is 28.9 Å². The zero-order valence-corrected chi connectivity index (χ0v) is 19.9. The molecule has 1 unspecified atom stereocenters. The zero-order valence-electron chi connectivity index (χ0n) is 19.9. The number of aliphatic hydroxyl groups excluding tert-OH is 1. The molecule has 3 aromatic rings. The maximum atomic E-state index is 13.2. The number of nitrogens with zero attached hydrogens (tertiary/aromatic N) is 1. The van der Waals surface area contributed by atoms with Gasteiger partial charge in [-0.3, -0.25) is 9.59 Å². The fourth-order valence-corrected chi connectivity index (χ4v) is 4.28. The third-order valence-electron chi connectivity index (χ3n) is 6.11. The van der Waals surface area contributed by atoms with Crippen LogP contribution in [0.3, 0.4) is 0 Å². The van der Waals surface area contributed by atoms with Crippen molar-refractivity contribution in [3.05, 3.63) is 95.1 Å². The Bertz CT molecular complexity index is 1250. The number of methoxy groups -OCH3 is 3. The molecular weight excluding hydrogens is 446 g/mol. The number of amides is 1. The maximum absolute atomic E-state index is 13.2. The van der Waals surface area contributed by atoms with Crippen LogP contribution >= 0.6 is 0 Å². The van der Waals surface area contributed by atoms with E-state index in [-0.39, 0.29) is 17.9 Å². The smallest absolute Gasteiger partial charge is 0.295 e. The summed E-state index contributed by atoms with van der Waals surface area (Å²) < 4.78 is 15.9. The Morgan fingerprint density at radius 1 is 0.857 bits per heavy atom. The summed E-state index contributed by atoms with van der Waals surface area (Å²) in [5.74, 6) is 0.293. The Labute approximate surface area is 204 Å². The van der Waals surface area contributed by atoms with Crippen LogP contribution < -0.4 is 14.2 Å². The first-order chi connectivity index (χ1) is 17.0. The van der Waals surface area contributed by atoms with Crippen molar-refractivity contribution in [2.75, 3.05) is 27.9 Å². The lowest BCUT2D eigenvalue weighted by Crippen LogP contribution is -2.31. The summed E-state index contributed by atoms with van der Waals surface area (Å²) in [4.78, 5) is 27.8. The van der Waals surface area contributed by atoms with Gasteiger partial charge >= 0.3 is 0 Å². The van der Waals surface area contributed by atoms with E-state index in [1.165, 1.54) is 4.90 Å². The highest BCUT2D eigenvalue weighted by Crippen LogP contribution is 2.40. The molecule has 1 aliphatic rings. The van der Waals surface area contributed by atoms with E-state index >= 15 is 0 Å². The number of carbonyl (C=O) groups is 2. The molecule has 7 nitrogen and oxygen atoms in total. The molecule has 1 atom stereocenters. The van der Waals surface area contributed by atoms with Crippen LogP contribution in [0.1, 0.15) is 22.7 Å². The Morgan fingerprint density at radius 2 is 1.54 bits per heavy atom. The average Bonchev–Trinajstić information content (AvgIpc) is 3.16. The first-order valence-corrected chi connectivity index (χ1v) is 11.2. The molecule has 180 valence electrons. The van der Waals surface area contributed by atoms with Crippen LogP contribution in [0, 0.1) is 0 Å². The maximum Gasteiger partial charge on any atom is 0.295 e. The molecule has 0 spiro atoms. The second-order valence-electron chi connectivity index (χ2n) is 8.07. The van der Waals surface area contributed by atoms with Crippen molar-refractivity contribution in [2.24, 2.45) is 0 Å². The lowest BCUT2D eigenvalue weighted by atomic mass is 9.95. The van der Waals surface area contributed by atoms with E-state index in [0.29, 0.717) is 34.8 Å². The Balaban J connectivity index is 1.73. The standard InChI is InChI=1S/C28H27NO6/c1-33-21-12-10-19(11-13-21)25-24(26(30)20-7-5-4-6-8-20)27(31)28(32)29(25)16-15-18-9-14-22(34-2)23(17-18)35-3/h4-14,17,25,30H,15-16H2,1-3H3. The SMILES string of the molecule is COc1ccc(C2C(=C(O)c3ccccc3)C(=O)C(=O)N2CCc2ccc(OC)c(OC)c2)cc1. The number of ketones is 1. The lowest BCUT2D eigenvalue weighted by Gasteiger charge is -2.25. The molecule has 0 bridgehead atoms. The van der Waals surface area contributed by atoms with Gasteiger partial charge in [-0.1, -0.05) is 48.5 Å². The molecule has 4 rings (SSSR count). The number of benzene rings is 3. The van der Waals surface area contributed by atoms with E-state index in [2.05, 4.69) is 0 Å². The monoisotopic (exact) mass is 473 g/mol. The number of rotatable bonds is 8. The fraction of sp³-hybridized carbons (Fsp3) is 0.214. The molecule has 0 saturated carbocycles. The van der Waals surface area contributed by atoms with Gasteiger partial charge in [-0.05, 0) is 41.8 Å². The highest BCUT2D eigenvalue weighted by atomic mass is 16.5. The van der Waals surface area contributed by atoms with E-state index < -0.39 is 17.7 Å². The zero-order chi connectivity index (χ0) is 24.9. The van der Waals surface area contributed by atoms with Crippen LogP contribution in [0.2, 0.25) is 0 Å². The number of hydrogen-bond donors (Lipinski definition) is 1. The minimum Gasteiger partial charge on any atom is -0.507 e. The third kappa shape index (κ3) is 4.71. The van der Waals surface area contributed by atoms with Crippen LogP contribution in [-0.2, 0) is 16.0 Å².